The second kappa shape index (κ2) is 7.49. The quantitative estimate of drug-likeness (QED) is 0.914. The standard InChI is InChI=1S/C16H18N2O3S/c19-16(17-9-13-10-20-6-7-21-13)14-11-22-15(18-14)8-12-4-2-1-3-5-12/h1-5,11,13H,6-10H2,(H,17,19)/t13-/m0/s1. The highest BCUT2D eigenvalue weighted by atomic mass is 32.1. The smallest absolute Gasteiger partial charge is 0.270 e. The Bertz CT molecular complexity index is 609. The zero-order valence-electron chi connectivity index (χ0n) is 12.2. The molecule has 2 aromatic rings. The van der Waals surface area contributed by atoms with E-state index in [-0.39, 0.29) is 12.0 Å². The Labute approximate surface area is 133 Å². The second-order valence-electron chi connectivity index (χ2n) is 5.07. The summed E-state index contributed by atoms with van der Waals surface area (Å²) in [4.78, 5) is 16.5. The minimum absolute atomic E-state index is 0.0693. The molecule has 5 nitrogen and oxygen atoms in total. The van der Waals surface area contributed by atoms with Crippen molar-refractivity contribution < 1.29 is 14.3 Å². The van der Waals surface area contributed by atoms with Gasteiger partial charge in [-0.1, -0.05) is 30.3 Å². The van der Waals surface area contributed by atoms with Crippen molar-refractivity contribution in [3.05, 3.63) is 52.0 Å². The first-order valence-electron chi connectivity index (χ1n) is 7.27. The van der Waals surface area contributed by atoms with Crippen LogP contribution < -0.4 is 5.32 Å². The van der Waals surface area contributed by atoms with Crippen molar-refractivity contribution in [2.75, 3.05) is 26.4 Å². The van der Waals surface area contributed by atoms with E-state index in [1.807, 2.05) is 18.2 Å². The molecular formula is C16H18N2O3S. The summed E-state index contributed by atoms with van der Waals surface area (Å²) in [6.45, 7) is 2.18. The molecule has 1 aromatic carbocycles. The van der Waals surface area contributed by atoms with Gasteiger partial charge in [-0.3, -0.25) is 4.79 Å². The fourth-order valence-electron chi connectivity index (χ4n) is 2.22. The number of amides is 1. The fraction of sp³-hybridized carbons (Fsp3) is 0.375. The highest BCUT2D eigenvalue weighted by Crippen LogP contribution is 2.14. The predicted octanol–water partition coefficient (Wildman–Crippen LogP) is 1.88. The van der Waals surface area contributed by atoms with Gasteiger partial charge in [0.25, 0.3) is 5.91 Å². The molecule has 1 aliphatic heterocycles. The van der Waals surface area contributed by atoms with Crippen LogP contribution in [-0.2, 0) is 15.9 Å². The van der Waals surface area contributed by atoms with Gasteiger partial charge >= 0.3 is 0 Å². The lowest BCUT2D eigenvalue weighted by Crippen LogP contribution is -2.39. The van der Waals surface area contributed by atoms with Crippen molar-refractivity contribution in [2.24, 2.45) is 0 Å². The van der Waals surface area contributed by atoms with Crippen LogP contribution in [0.3, 0.4) is 0 Å². The van der Waals surface area contributed by atoms with Gasteiger partial charge < -0.3 is 14.8 Å². The molecule has 0 bridgehead atoms. The molecule has 1 aliphatic rings. The number of hydrogen-bond acceptors (Lipinski definition) is 5. The van der Waals surface area contributed by atoms with Crippen LogP contribution in [0, 0.1) is 0 Å². The molecule has 1 aromatic heterocycles. The topological polar surface area (TPSA) is 60.5 Å². The largest absolute Gasteiger partial charge is 0.376 e. The van der Waals surface area contributed by atoms with Gasteiger partial charge in [0, 0.05) is 18.3 Å². The summed E-state index contributed by atoms with van der Waals surface area (Å²) in [5.74, 6) is -0.162. The van der Waals surface area contributed by atoms with Crippen LogP contribution in [0.25, 0.3) is 0 Å². The van der Waals surface area contributed by atoms with Crippen LogP contribution >= 0.6 is 11.3 Å². The summed E-state index contributed by atoms with van der Waals surface area (Å²) in [6, 6.07) is 10.1. The van der Waals surface area contributed by atoms with Crippen LogP contribution in [0.1, 0.15) is 21.1 Å². The maximum absolute atomic E-state index is 12.1. The number of hydrogen-bond donors (Lipinski definition) is 1. The third-order valence-corrected chi connectivity index (χ3v) is 4.21. The van der Waals surface area contributed by atoms with Crippen molar-refractivity contribution in [1.82, 2.24) is 10.3 Å². The molecule has 6 heteroatoms. The van der Waals surface area contributed by atoms with E-state index in [1.54, 1.807) is 5.38 Å². The van der Waals surface area contributed by atoms with E-state index in [4.69, 9.17) is 9.47 Å². The number of rotatable bonds is 5. The lowest BCUT2D eigenvalue weighted by Gasteiger charge is -2.22. The predicted molar refractivity (Wildman–Crippen MR) is 84.3 cm³/mol. The molecule has 0 radical (unpaired) electrons. The number of ether oxygens (including phenoxy) is 2. The third-order valence-electron chi connectivity index (χ3n) is 3.36. The van der Waals surface area contributed by atoms with E-state index in [0.717, 1.165) is 11.4 Å². The summed E-state index contributed by atoms with van der Waals surface area (Å²) < 4.78 is 10.8. The molecular weight excluding hydrogens is 300 g/mol. The van der Waals surface area contributed by atoms with Gasteiger partial charge in [-0.05, 0) is 5.56 Å². The highest BCUT2D eigenvalue weighted by Gasteiger charge is 2.17. The Morgan fingerprint density at radius 1 is 1.32 bits per heavy atom. The van der Waals surface area contributed by atoms with Gasteiger partial charge in [0.15, 0.2) is 0 Å². The van der Waals surface area contributed by atoms with Crippen LogP contribution in [0.15, 0.2) is 35.7 Å². The molecule has 1 fully saturated rings. The summed E-state index contributed by atoms with van der Waals surface area (Å²) in [7, 11) is 0. The first-order valence-corrected chi connectivity index (χ1v) is 8.15. The van der Waals surface area contributed by atoms with E-state index < -0.39 is 0 Å². The lowest BCUT2D eigenvalue weighted by atomic mass is 10.2. The highest BCUT2D eigenvalue weighted by molar-refractivity contribution is 7.09. The number of carbonyl (C=O) groups excluding carboxylic acids is 1. The average molecular weight is 318 g/mol. The number of nitrogens with one attached hydrogen (secondary N) is 1. The zero-order chi connectivity index (χ0) is 15.2. The molecule has 0 saturated carbocycles. The number of thiazole rings is 1. The van der Waals surface area contributed by atoms with Crippen molar-refractivity contribution >= 4 is 17.2 Å². The molecule has 0 spiro atoms. The Balaban J connectivity index is 1.52. The van der Waals surface area contributed by atoms with Crippen LogP contribution in [0.2, 0.25) is 0 Å². The van der Waals surface area contributed by atoms with Gasteiger partial charge in [0.1, 0.15) is 5.69 Å². The van der Waals surface area contributed by atoms with Crippen molar-refractivity contribution in [3.63, 3.8) is 0 Å². The maximum Gasteiger partial charge on any atom is 0.270 e. The Morgan fingerprint density at radius 3 is 2.95 bits per heavy atom. The van der Waals surface area contributed by atoms with Gasteiger partial charge in [0.05, 0.1) is 30.9 Å². The summed E-state index contributed by atoms with van der Waals surface area (Å²) >= 11 is 1.51. The van der Waals surface area contributed by atoms with Crippen LogP contribution in [0.4, 0.5) is 0 Å². The van der Waals surface area contributed by atoms with E-state index in [2.05, 4.69) is 22.4 Å². The van der Waals surface area contributed by atoms with Crippen molar-refractivity contribution in [2.45, 2.75) is 12.5 Å². The van der Waals surface area contributed by atoms with Crippen LogP contribution in [0.5, 0.6) is 0 Å². The van der Waals surface area contributed by atoms with Gasteiger partial charge in [-0.2, -0.15) is 0 Å². The molecule has 2 heterocycles. The molecule has 0 unspecified atom stereocenters. The van der Waals surface area contributed by atoms with Crippen LogP contribution in [-0.4, -0.2) is 43.4 Å². The number of carbonyl (C=O) groups is 1. The van der Waals surface area contributed by atoms with E-state index >= 15 is 0 Å². The molecule has 3 rings (SSSR count). The molecule has 1 N–H and O–H groups in total. The SMILES string of the molecule is O=C(NC[C@H]1COCCO1)c1csc(Cc2ccccc2)n1. The minimum Gasteiger partial charge on any atom is -0.376 e. The first kappa shape index (κ1) is 15.1. The van der Waals surface area contributed by atoms with E-state index in [1.165, 1.54) is 16.9 Å². The summed E-state index contributed by atoms with van der Waals surface area (Å²) in [5.41, 5.74) is 1.66. The van der Waals surface area contributed by atoms with Gasteiger partial charge in [0.2, 0.25) is 0 Å². The first-order chi connectivity index (χ1) is 10.8. The molecule has 116 valence electrons. The summed E-state index contributed by atoms with van der Waals surface area (Å²) in [5, 5.41) is 5.58. The molecule has 1 amide bonds. The number of benzene rings is 1. The fourth-order valence-corrected chi connectivity index (χ4v) is 3.03. The summed E-state index contributed by atoms with van der Waals surface area (Å²) in [6.07, 6.45) is 0.679. The average Bonchev–Trinajstić information content (AvgIpc) is 3.03. The zero-order valence-corrected chi connectivity index (χ0v) is 13.0. The maximum atomic E-state index is 12.1. The number of nitrogens with zero attached hydrogens (tertiary/aromatic N) is 1. The van der Waals surface area contributed by atoms with Gasteiger partial charge in [-0.15, -0.1) is 11.3 Å². The molecule has 1 saturated heterocycles. The Morgan fingerprint density at radius 2 is 2.18 bits per heavy atom. The number of aromatic nitrogens is 1. The normalized spacial score (nSPS) is 18.1. The van der Waals surface area contributed by atoms with E-state index in [9.17, 15) is 4.79 Å². The Hall–Kier alpha value is -1.76. The third kappa shape index (κ3) is 4.13. The van der Waals surface area contributed by atoms with E-state index in [0.29, 0.717) is 32.1 Å². The van der Waals surface area contributed by atoms with Crippen molar-refractivity contribution in [1.29, 1.82) is 0 Å². The monoisotopic (exact) mass is 318 g/mol. The molecule has 0 aliphatic carbocycles. The van der Waals surface area contributed by atoms with Gasteiger partial charge in [-0.25, -0.2) is 4.98 Å². The molecule has 22 heavy (non-hydrogen) atoms. The lowest BCUT2D eigenvalue weighted by molar-refractivity contribution is -0.0855. The second-order valence-corrected chi connectivity index (χ2v) is 6.01. The molecule has 1 atom stereocenters. The van der Waals surface area contributed by atoms with Crippen molar-refractivity contribution in [3.8, 4) is 0 Å². The Kier molecular flexibility index (Phi) is 5.15. The minimum atomic E-state index is -0.162.